The lowest BCUT2D eigenvalue weighted by molar-refractivity contribution is -0.121. The van der Waals surface area contributed by atoms with Crippen LogP contribution < -0.4 is 10.9 Å². The monoisotopic (exact) mass is 437 g/mol. The predicted molar refractivity (Wildman–Crippen MR) is 106 cm³/mol. The lowest BCUT2D eigenvalue weighted by Crippen LogP contribution is -2.29. The number of hydrogen-bond acceptors (Lipinski definition) is 5. The van der Waals surface area contributed by atoms with E-state index in [4.69, 9.17) is 9.47 Å². The summed E-state index contributed by atoms with van der Waals surface area (Å²) in [6.45, 7) is 2.92. The van der Waals surface area contributed by atoms with E-state index in [-0.39, 0.29) is 24.0 Å². The molecule has 1 aromatic carbocycles. The normalized spacial score (nSPS) is 16.7. The summed E-state index contributed by atoms with van der Waals surface area (Å²) in [5.74, 6) is -0.0876. The highest BCUT2D eigenvalue weighted by molar-refractivity contribution is 9.10. The van der Waals surface area contributed by atoms with Crippen molar-refractivity contribution < 1.29 is 14.3 Å². The maximum Gasteiger partial charge on any atom is 0.261 e. The first kappa shape index (κ1) is 20.0. The molecule has 0 spiro atoms. The van der Waals surface area contributed by atoms with Gasteiger partial charge < -0.3 is 14.8 Å². The number of nitrogens with zero attached hydrogens (tertiary/aromatic N) is 2. The zero-order valence-electron chi connectivity index (χ0n) is 15.2. The van der Waals surface area contributed by atoms with Crippen LogP contribution >= 0.6 is 15.9 Å². The lowest BCUT2D eigenvalue weighted by Gasteiger charge is -2.10. The molecule has 1 aliphatic rings. The fraction of sp³-hybridized carbons (Fsp3) is 0.526. The molecule has 0 radical (unpaired) electrons. The van der Waals surface area contributed by atoms with Crippen LogP contribution in [0.3, 0.4) is 0 Å². The summed E-state index contributed by atoms with van der Waals surface area (Å²) in [5.41, 5.74) is 0.503. The summed E-state index contributed by atoms with van der Waals surface area (Å²) in [7, 11) is 0. The van der Waals surface area contributed by atoms with Crippen molar-refractivity contribution in [1.82, 2.24) is 14.9 Å². The van der Waals surface area contributed by atoms with E-state index in [9.17, 15) is 9.59 Å². The summed E-state index contributed by atoms with van der Waals surface area (Å²) < 4.78 is 13.3. The molecular formula is C19H24BrN3O4. The van der Waals surface area contributed by atoms with Gasteiger partial charge in [0.05, 0.1) is 29.9 Å². The number of amides is 1. The van der Waals surface area contributed by atoms with E-state index in [0.717, 1.165) is 30.3 Å². The first-order chi connectivity index (χ1) is 13.1. The van der Waals surface area contributed by atoms with Crippen molar-refractivity contribution in [3.05, 3.63) is 39.4 Å². The number of benzene rings is 1. The van der Waals surface area contributed by atoms with E-state index in [1.165, 1.54) is 10.9 Å². The summed E-state index contributed by atoms with van der Waals surface area (Å²) in [4.78, 5) is 28.7. The van der Waals surface area contributed by atoms with Crippen LogP contribution in [0.4, 0.5) is 0 Å². The number of fused-ring (bicyclic) bond motifs is 1. The standard InChI is InChI=1S/C19H24BrN3O4/c20-14-4-5-17-16(11-14)19(25)23(13-22-17)8-6-18(24)21-7-2-9-26-12-15-3-1-10-27-15/h4-5,11,13,15H,1-3,6-10,12H2,(H,21,24). The zero-order valence-corrected chi connectivity index (χ0v) is 16.7. The van der Waals surface area contributed by atoms with Gasteiger partial charge in [0.15, 0.2) is 0 Å². The smallest absolute Gasteiger partial charge is 0.261 e. The Morgan fingerprint density at radius 2 is 2.33 bits per heavy atom. The number of nitrogens with one attached hydrogen (secondary N) is 1. The first-order valence-corrected chi connectivity index (χ1v) is 10.0. The van der Waals surface area contributed by atoms with Gasteiger partial charge in [-0.3, -0.25) is 14.2 Å². The molecule has 1 unspecified atom stereocenters. The highest BCUT2D eigenvalue weighted by atomic mass is 79.9. The SMILES string of the molecule is O=C(CCn1cnc2ccc(Br)cc2c1=O)NCCCOCC1CCCO1. The van der Waals surface area contributed by atoms with Gasteiger partial charge in [0, 0.05) is 37.2 Å². The van der Waals surface area contributed by atoms with Gasteiger partial charge in [-0.25, -0.2) is 4.98 Å². The molecule has 3 rings (SSSR count). The molecule has 27 heavy (non-hydrogen) atoms. The number of carbonyl (C=O) groups excluding carboxylic acids is 1. The Hall–Kier alpha value is -1.77. The molecule has 0 bridgehead atoms. The Morgan fingerprint density at radius 3 is 3.15 bits per heavy atom. The van der Waals surface area contributed by atoms with Gasteiger partial charge in [-0.15, -0.1) is 0 Å². The van der Waals surface area contributed by atoms with Crippen molar-refractivity contribution in [2.45, 2.75) is 38.3 Å². The van der Waals surface area contributed by atoms with E-state index in [0.29, 0.717) is 37.2 Å². The number of carbonyl (C=O) groups is 1. The third-order valence-electron chi connectivity index (χ3n) is 4.48. The van der Waals surface area contributed by atoms with Gasteiger partial charge in [-0.1, -0.05) is 15.9 Å². The van der Waals surface area contributed by atoms with Gasteiger partial charge in [0.1, 0.15) is 0 Å². The molecule has 2 heterocycles. The van der Waals surface area contributed by atoms with Crippen LogP contribution in [0.25, 0.3) is 10.9 Å². The van der Waals surface area contributed by atoms with Crippen LogP contribution in [-0.2, 0) is 20.8 Å². The molecule has 146 valence electrons. The fourth-order valence-electron chi connectivity index (χ4n) is 2.99. The molecule has 1 saturated heterocycles. The number of aromatic nitrogens is 2. The average molecular weight is 438 g/mol. The topological polar surface area (TPSA) is 82.5 Å². The molecule has 1 N–H and O–H groups in total. The second-order valence-electron chi connectivity index (χ2n) is 6.57. The van der Waals surface area contributed by atoms with Gasteiger partial charge in [-0.2, -0.15) is 0 Å². The van der Waals surface area contributed by atoms with E-state index in [2.05, 4.69) is 26.2 Å². The Labute approximate surface area is 166 Å². The second-order valence-corrected chi connectivity index (χ2v) is 7.48. The van der Waals surface area contributed by atoms with Gasteiger partial charge in [-0.05, 0) is 37.5 Å². The predicted octanol–water partition coefficient (Wildman–Crippen LogP) is 2.25. The van der Waals surface area contributed by atoms with Crippen molar-refractivity contribution >= 4 is 32.7 Å². The molecule has 1 fully saturated rings. The quantitative estimate of drug-likeness (QED) is 0.608. The minimum atomic E-state index is -0.142. The van der Waals surface area contributed by atoms with Crippen molar-refractivity contribution in [3.8, 4) is 0 Å². The maximum absolute atomic E-state index is 12.5. The van der Waals surface area contributed by atoms with Crippen LogP contribution in [0.1, 0.15) is 25.7 Å². The average Bonchev–Trinajstić information content (AvgIpc) is 3.18. The van der Waals surface area contributed by atoms with Crippen molar-refractivity contribution in [2.75, 3.05) is 26.4 Å². The third-order valence-corrected chi connectivity index (χ3v) is 4.97. The number of rotatable bonds is 9. The maximum atomic E-state index is 12.5. The molecule has 1 aliphatic heterocycles. The highest BCUT2D eigenvalue weighted by Gasteiger charge is 2.15. The van der Waals surface area contributed by atoms with Crippen LogP contribution in [0.2, 0.25) is 0 Å². The minimum absolute atomic E-state index is 0.0876. The first-order valence-electron chi connectivity index (χ1n) is 9.24. The summed E-state index contributed by atoms with van der Waals surface area (Å²) in [5, 5.41) is 3.39. The molecular weight excluding hydrogens is 414 g/mol. The minimum Gasteiger partial charge on any atom is -0.379 e. The second kappa shape index (κ2) is 9.96. The van der Waals surface area contributed by atoms with E-state index in [1.807, 2.05) is 6.07 Å². The Balaban J connectivity index is 1.37. The Morgan fingerprint density at radius 1 is 1.44 bits per heavy atom. The van der Waals surface area contributed by atoms with Crippen LogP contribution in [0.15, 0.2) is 33.8 Å². The van der Waals surface area contributed by atoms with Crippen LogP contribution in [-0.4, -0.2) is 47.9 Å². The van der Waals surface area contributed by atoms with Gasteiger partial charge in [0.2, 0.25) is 5.91 Å². The molecule has 1 amide bonds. The third kappa shape index (κ3) is 5.85. The summed E-state index contributed by atoms with van der Waals surface area (Å²) >= 11 is 3.36. The molecule has 7 nitrogen and oxygen atoms in total. The molecule has 1 atom stereocenters. The van der Waals surface area contributed by atoms with Crippen molar-refractivity contribution in [3.63, 3.8) is 0 Å². The number of aryl methyl sites for hydroxylation is 1. The van der Waals surface area contributed by atoms with Crippen LogP contribution in [0, 0.1) is 0 Å². The fourth-order valence-corrected chi connectivity index (χ4v) is 3.35. The zero-order chi connectivity index (χ0) is 19.1. The van der Waals surface area contributed by atoms with Crippen molar-refractivity contribution in [1.29, 1.82) is 0 Å². The number of hydrogen-bond donors (Lipinski definition) is 1. The summed E-state index contributed by atoms with van der Waals surface area (Å²) in [6, 6.07) is 5.38. The molecule has 8 heteroatoms. The van der Waals surface area contributed by atoms with Crippen LogP contribution in [0.5, 0.6) is 0 Å². The summed E-state index contributed by atoms with van der Waals surface area (Å²) in [6.07, 6.45) is 4.88. The highest BCUT2D eigenvalue weighted by Crippen LogP contribution is 2.15. The van der Waals surface area contributed by atoms with Gasteiger partial charge in [0.25, 0.3) is 5.56 Å². The van der Waals surface area contributed by atoms with Crippen molar-refractivity contribution in [2.24, 2.45) is 0 Å². The largest absolute Gasteiger partial charge is 0.379 e. The lowest BCUT2D eigenvalue weighted by atomic mass is 10.2. The van der Waals surface area contributed by atoms with E-state index >= 15 is 0 Å². The molecule has 2 aromatic rings. The molecule has 0 aliphatic carbocycles. The molecule has 0 saturated carbocycles. The van der Waals surface area contributed by atoms with Gasteiger partial charge >= 0.3 is 0 Å². The number of halogens is 1. The Bertz CT molecular complexity index is 833. The Kier molecular flexibility index (Phi) is 7.37. The molecule has 1 aromatic heterocycles. The number of ether oxygens (including phenoxy) is 2. The van der Waals surface area contributed by atoms with E-state index in [1.54, 1.807) is 12.1 Å². The van der Waals surface area contributed by atoms with E-state index < -0.39 is 0 Å².